The maximum Gasteiger partial charge on any atom is 0.336 e. The first-order valence-electron chi connectivity index (χ1n) is 4.10. The lowest BCUT2D eigenvalue weighted by molar-refractivity contribution is -0.328. The summed E-state index contributed by atoms with van der Waals surface area (Å²) in [5, 5.41) is 0. The zero-order chi connectivity index (χ0) is 9.26. The van der Waals surface area contributed by atoms with E-state index in [-0.39, 0.29) is 12.1 Å². The molecule has 0 spiro atoms. The van der Waals surface area contributed by atoms with Crippen molar-refractivity contribution in [3.63, 3.8) is 0 Å². The Labute approximate surface area is 75.7 Å². The fourth-order valence-corrected chi connectivity index (χ4v) is 1.37. The molecule has 0 amide bonds. The van der Waals surface area contributed by atoms with Crippen molar-refractivity contribution in [1.82, 2.24) is 0 Å². The Morgan fingerprint density at radius 1 is 1.54 bits per heavy atom. The van der Waals surface area contributed by atoms with E-state index in [0.29, 0.717) is 12.0 Å². The van der Waals surface area contributed by atoms with Crippen molar-refractivity contribution < 1.29 is 19.3 Å². The maximum absolute atomic E-state index is 11.2. The number of hydrogen-bond donors (Lipinski definition) is 0. The van der Waals surface area contributed by atoms with E-state index in [1.165, 1.54) is 7.11 Å². The van der Waals surface area contributed by atoms with Gasteiger partial charge in [0.25, 0.3) is 0 Å². The van der Waals surface area contributed by atoms with Crippen LogP contribution in [0.25, 0.3) is 0 Å². The van der Waals surface area contributed by atoms with Gasteiger partial charge < -0.3 is 4.74 Å². The average molecular weight is 182 g/mol. The lowest BCUT2D eigenvalue weighted by Crippen LogP contribution is -2.23. The van der Waals surface area contributed by atoms with Gasteiger partial charge in [-0.3, -0.25) is 0 Å². The fourth-order valence-electron chi connectivity index (χ4n) is 1.37. The fraction of sp³-hybridized carbons (Fsp3) is 0.444. The zero-order valence-corrected chi connectivity index (χ0v) is 7.23. The van der Waals surface area contributed by atoms with Crippen molar-refractivity contribution in [3.05, 3.63) is 23.8 Å². The van der Waals surface area contributed by atoms with Crippen LogP contribution in [0.3, 0.4) is 0 Å². The second-order valence-corrected chi connectivity index (χ2v) is 2.92. The molecule has 0 aromatic heterocycles. The van der Waals surface area contributed by atoms with Gasteiger partial charge in [0.15, 0.2) is 0 Å². The standard InChI is InChI=1S/C9H10O4/c1-11-9(10)7-4-2-6-3-5-8(7)13-12-6/h3-6,8H,2H2,1H3/t6-,8-/m0/s1. The second-order valence-electron chi connectivity index (χ2n) is 2.92. The predicted octanol–water partition coefficient (Wildman–Crippen LogP) is 0.745. The molecule has 2 bridgehead atoms. The Hall–Kier alpha value is -1.13. The second kappa shape index (κ2) is 3.32. The molecule has 70 valence electrons. The predicted molar refractivity (Wildman–Crippen MR) is 43.6 cm³/mol. The maximum atomic E-state index is 11.2. The van der Waals surface area contributed by atoms with E-state index in [2.05, 4.69) is 4.74 Å². The molecule has 0 radical (unpaired) electrons. The van der Waals surface area contributed by atoms with Gasteiger partial charge in [0.2, 0.25) is 0 Å². The minimum atomic E-state index is -0.411. The van der Waals surface area contributed by atoms with Crippen LogP contribution in [0.15, 0.2) is 23.8 Å². The van der Waals surface area contributed by atoms with Crippen LogP contribution in [0.5, 0.6) is 0 Å². The van der Waals surface area contributed by atoms with Crippen LogP contribution >= 0.6 is 0 Å². The molecule has 1 aliphatic carbocycles. The highest BCUT2D eigenvalue weighted by atomic mass is 17.2. The number of methoxy groups -OCH3 is 1. The van der Waals surface area contributed by atoms with Gasteiger partial charge >= 0.3 is 5.97 Å². The summed E-state index contributed by atoms with van der Waals surface area (Å²) in [6.45, 7) is 0. The molecule has 0 aromatic rings. The highest BCUT2D eigenvalue weighted by Gasteiger charge is 2.29. The smallest absolute Gasteiger partial charge is 0.336 e. The third-order valence-electron chi connectivity index (χ3n) is 2.08. The monoisotopic (exact) mass is 182 g/mol. The molecule has 3 aliphatic rings. The number of carbonyl (C=O) groups excluding carboxylic acids is 1. The average Bonchev–Trinajstić information content (AvgIpc) is 2.49. The molecule has 0 aromatic carbocycles. The van der Waals surface area contributed by atoms with Crippen molar-refractivity contribution >= 4 is 5.97 Å². The van der Waals surface area contributed by atoms with Gasteiger partial charge in [-0.1, -0.05) is 12.2 Å². The molecule has 2 heterocycles. The van der Waals surface area contributed by atoms with E-state index < -0.39 is 6.10 Å². The Balaban J connectivity index is 2.24. The van der Waals surface area contributed by atoms with Crippen LogP contribution in [0.2, 0.25) is 0 Å². The summed E-state index contributed by atoms with van der Waals surface area (Å²) in [6, 6.07) is 0. The normalized spacial score (nSPS) is 31.0. The highest BCUT2D eigenvalue weighted by molar-refractivity contribution is 5.90. The first kappa shape index (κ1) is 8.47. The van der Waals surface area contributed by atoms with Gasteiger partial charge in [-0.05, 0) is 12.5 Å². The van der Waals surface area contributed by atoms with Crippen LogP contribution in [0.4, 0.5) is 0 Å². The van der Waals surface area contributed by atoms with Crippen molar-refractivity contribution in [3.8, 4) is 0 Å². The molecule has 4 nitrogen and oxygen atoms in total. The van der Waals surface area contributed by atoms with E-state index in [9.17, 15) is 4.79 Å². The third kappa shape index (κ3) is 1.50. The van der Waals surface area contributed by atoms with Crippen molar-refractivity contribution in [2.45, 2.75) is 18.6 Å². The molecule has 13 heavy (non-hydrogen) atoms. The molecule has 0 saturated carbocycles. The van der Waals surface area contributed by atoms with E-state index >= 15 is 0 Å². The molecule has 0 fully saturated rings. The lowest BCUT2D eigenvalue weighted by atomic mass is 10.1. The quantitative estimate of drug-likeness (QED) is 0.341. The molecule has 2 atom stereocenters. The minimum absolute atomic E-state index is 0.0709. The van der Waals surface area contributed by atoms with Crippen molar-refractivity contribution in [2.75, 3.05) is 7.11 Å². The summed E-state index contributed by atoms with van der Waals surface area (Å²) in [5.74, 6) is -0.360. The number of rotatable bonds is 1. The summed E-state index contributed by atoms with van der Waals surface area (Å²) < 4.78 is 4.62. The minimum Gasteiger partial charge on any atom is -0.466 e. The van der Waals surface area contributed by atoms with Gasteiger partial charge in [0.05, 0.1) is 12.7 Å². The Bertz CT molecular complexity index is 279. The van der Waals surface area contributed by atoms with Gasteiger partial charge in [-0.15, -0.1) is 0 Å². The first-order chi connectivity index (χ1) is 6.31. The van der Waals surface area contributed by atoms with Gasteiger partial charge in [0.1, 0.15) is 12.2 Å². The van der Waals surface area contributed by atoms with Crippen molar-refractivity contribution in [1.29, 1.82) is 0 Å². The molecular weight excluding hydrogens is 172 g/mol. The first-order valence-corrected chi connectivity index (χ1v) is 4.10. The molecule has 3 rings (SSSR count). The summed E-state index contributed by atoms with van der Waals surface area (Å²) in [5.41, 5.74) is 0.513. The summed E-state index contributed by atoms with van der Waals surface area (Å²) >= 11 is 0. The lowest BCUT2D eigenvalue weighted by Gasteiger charge is -2.18. The topological polar surface area (TPSA) is 44.8 Å². The van der Waals surface area contributed by atoms with E-state index in [4.69, 9.17) is 9.78 Å². The van der Waals surface area contributed by atoms with Gasteiger partial charge in [-0.2, -0.15) is 0 Å². The van der Waals surface area contributed by atoms with Crippen LogP contribution in [-0.4, -0.2) is 25.3 Å². The Morgan fingerprint density at radius 2 is 2.38 bits per heavy atom. The Kier molecular flexibility index (Phi) is 2.16. The Morgan fingerprint density at radius 3 is 3.00 bits per heavy atom. The largest absolute Gasteiger partial charge is 0.466 e. The van der Waals surface area contributed by atoms with Crippen molar-refractivity contribution in [2.24, 2.45) is 0 Å². The number of esters is 1. The van der Waals surface area contributed by atoms with Gasteiger partial charge in [-0.25, -0.2) is 14.6 Å². The molecular formula is C9H10O4. The van der Waals surface area contributed by atoms with Crippen LogP contribution in [0, 0.1) is 0 Å². The van der Waals surface area contributed by atoms with Gasteiger partial charge in [0, 0.05) is 0 Å². The number of ether oxygens (including phenoxy) is 1. The van der Waals surface area contributed by atoms with Crippen LogP contribution in [0.1, 0.15) is 6.42 Å². The number of fused-ring (bicyclic) bond motifs is 2. The van der Waals surface area contributed by atoms with Crippen LogP contribution in [-0.2, 0) is 19.3 Å². The molecule has 0 N–H and O–H groups in total. The molecule has 0 saturated heterocycles. The summed E-state index contributed by atoms with van der Waals surface area (Å²) in [7, 11) is 1.35. The van der Waals surface area contributed by atoms with E-state index in [0.717, 1.165) is 0 Å². The number of hydrogen-bond acceptors (Lipinski definition) is 4. The molecule has 0 unspecified atom stereocenters. The van der Waals surface area contributed by atoms with E-state index in [1.807, 2.05) is 12.2 Å². The highest BCUT2D eigenvalue weighted by Crippen LogP contribution is 2.24. The molecule has 4 heteroatoms. The summed E-state index contributed by atoms with van der Waals surface area (Å²) in [6.07, 6.45) is 5.67. The van der Waals surface area contributed by atoms with Crippen LogP contribution < -0.4 is 0 Å². The third-order valence-corrected chi connectivity index (χ3v) is 2.08. The SMILES string of the molecule is COC(=O)C1=CC[C@H]2C=C[C@@H]1OO2. The summed E-state index contributed by atoms with van der Waals surface area (Å²) in [4.78, 5) is 21.2. The zero-order valence-electron chi connectivity index (χ0n) is 7.23. The molecule has 2 aliphatic heterocycles. The number of carbonyl (C=O) groups is 1. The van der Waals surface area contributed by atoms with E-state index in [1.54, 1.807) is 6.08 Å².